The molecule has 0 aliphatic carbocycles. The van der Waals surface area contributed by atoms with Gasteiger partial charge in [-0.15, -0.1) is 0 Å². The van der Waals surface area contributed by atoms with Gasteiger partial charge in [-0.2, -0.15) is 0 Å². The molecule has 0 aliphatic rings. The molecule has 2 aromatic carbocycles. The molecule has 5 heteroatoms. The Morgan fingerprint density at radius 2 is 2.00 bits per heavy atom. The van der Waals surface area contributed by atoms with E-state index in [-0.39, 0.29) is 5.91 Å². The number of ether oxygens (including phenoxy) is 2. The van der Waals surface area contributed by atoms with Crippen molar-refractivity contribution in [1.29, 1.82) is 0 Å². The molecule has 0 radical (unpaired) electrons. The summed E-state index contributed by atoms with van der Waals surface area (Å²) in [4.78, 5) is 12.2. The van der Waals surface area contributed by atoms with E-state index in [1.54, 1.807) is 25.3 Å². The van der Waals surface area contributed by atoms with E-state index in [1.807, 2.05) is 31.2 Å². The van der Waals surface area contributed by atoms with Crippen LogP contribution in [0.4, 0.5) is 5.69 Å². The predicted molar refractivity (Wildman–Crippen MR) is 112 cm³/mol. The first-order valence-corrected chi connectivity index (χ1v) is 9.48. The number of hydrogen-bond acceptors (Lipinski definition) is 3. The lowest BCUT2D eigenvalue weighted by molar-refractivity contribution is -0.111. The fourth-order valence-corrected chi connectivity index (χ4v) is 2.71. The van der Waals surface area contributed by atoms with Crippen molar-refractivity contribution in [3.8, 4) is 11.5 Å². The molecule has 0 unspecified atom stereocenters. The normalized spacial score (nSPS) is 10.8. The summed E-state index contributed by atoms with van der Waals surface area (Å²) in [5, 5.41) is 3.46. The highest BCUT2D eigenvalue weighted by molar-refractivity contribution is 6.31. The summed E-state index contributed by atoms with van der Waals surface area (Å²) in [5.74, 6) is 1.14. The zero-order valence-corrected chi connectivity index (χ0v) is 16.8. The summed E-state index contributed by atoms with van der Waals surface area (Å²) in [6.07, 6.45) is 6.53. The molecule has 0 atom stereocenters. The topological polar surface area (TPSA) is 47.6 Å². The number of unbranched alkanes of at least 4 members (excludes halogenated alkanes) is 2. The minimum absolute atomic E-state index is 0.223. The van der Waals surface area contributed by atoms with Crippen LogP contribution in [0.3, 0.4) is 0 Å². The Morgan fingerprint density at radius 3 is 2.74 bits per heavy atom. The largest absolute Gasteiger partial charge is 0.493 e. The van der Waals surface area contributed by atoms with Crippen molar-refractivity contribution in [2.24, 2.45) is 0 Å². The molecule has 27 heavy (non-hydrogen) atoms. The molecule has 0 heterocycles. The number of halogens is 1. The van der Waals surface area contributed by atoms with Gasteiger partial charge in [-0.05, 0) is 54.8 Å². The van der Waals surface area contributed by atoms with Crippen LogP contribution in [0.2, 0.25) is 5.02 Å². The van der Waals surface area contributed by atoms with Gasteiger partial charge in [0, 0.05) is 16.8 Å². The lowest BCUT2D eigenvalue weighted by Crippen LogP contribution is -2.09. The van der Waals surface area contributed by atoms with Crippen LogP contribution in [-0.2, 0) is 4.79 Å². The fraction of sp³-hybridized carbons (Fsp3) is 0.318. The van der Waals surface area contributed by atoms with Crippen molar-refractivity contribution in [3.63, 3.8) is 0 Å². The molecule has 0 aliphatic heterocycles. The maximum atomic E-state index is 12.2. The molecule has 2 rings (SSSR count). The molecule has 1 amide bonds. The second kappa shape index (κ2) is 10.6. The van der Waals surface area contributed by atoms with Gasteiger partial charge in [0.1, 0.15) is 0 Å². The third-order valence-corrected chi connectivity index (χ3v) is 4.56. The van der Waals surface area contributed by atoms with E-state index in [0.29, 0.717) is 28.8 Å². The van der Waals surface area contributed by atoms with Gasteiger partial charge < -0.3 is 14.8 Å². The number of rotatable bonds is 9. The van der Waals surface area contributed by atoms with E-state index in [1.165, 1.54) is 6.08 Å². The summed E-state index contributed by atoms with van der Waals surface area (Å²) >= 11 is 6.08. The fourth-order valence-electron chi connectivity index (χ4n) is 2.53. The Kier molecular flexibility index (Phi) is 8.21. The van der Waals surface area contributed by atoms with Crippen molar-refractivity contribution in [1.82, 2.24) is 0 Å². The van der Waals surface area contributed by atoms with Gasteiger partial charge in [0.05, 0.1) is 13.7 Å². The number of carbonyl (C=O) groups excluding carboxylic acids is 1. The standard InChI is InChI=1S/C22H26ClNO3/c1-4-5-6-14-27-20-12-10-17(15-21(20)26-3)11-13-22(25)24-19-9-7-8-18(23)16(19)2/h7-13,15H,4-6,14H2,1-3H3,(H,24,25)/b13-11+. The number of anilines is 1. The van der Waals surface area contributed by atoms with E-state index in [9.17, 15) is 4.79 Å². The van der Waals surface area contributed by atoms with Crippen LogP contribution in [0.5, 0.6) is 11.5 Å². The lowest BCUT2D eigenvalue weighted by Gasteiger charge is -2.11. The Balaban J connectivity index is 2.01. The molecule has 0 bridgehead atoms. The van der Waals surface area contributed by atoms with E-state index in [4.69, 9.17) is 21.1 Å². The summed E-state index contributed by atoms with van der Waals surface area (Å²) in [7, 11) is 1.61. The van der Waals surface area contributed by atoms with Gasteiger partial charge in [0.2, 0.25) is 5.91 Å². The van der Waals surface area contributed by atoms with Crippen molar-refractivity contribution >= 4 is 29.3 Å². The summed E-state index contributed by atoms with van der Waals surface area (Å²) in [5.41, 5.74) is 2.39. The second-order valence-electron chi connectivity index (χ2n) is 6.20. The lowest BCUT2D eigenvalue weighted by atomic mass is 10.1. The molecular formula is C22H26ClNO3. The molecule has 0 aromatic heterocycles. The molecule has 4 nitrogen and oxygen atoms in total. The van der Waals surface area contributed by atoms with Gasteiger partial charge in [0.25, 0.3) is 0 Å². The number of carbonyl (C=O) groups is 1. The maximum absolute atomic E-state index is 12.2. The summed E-state index contributed by atoms with van der Waals surface area (Å²) < 4.78 is 11.2. The highest BCUT2D eigenvalue weighted by Gasteiger charge is 2.06. The summed E-state index contributed by atoms with van der Waals surface area (Å²) in [6, 6.07) is 11.0. The van der Waals surface area contributed by atoms with Gasteiger partial charge in [-0.1, -0.05) is 43.5 Å². The number of hydrogen-bond donors (Lipinski definition) is 1. The van der Waals surface area contributed by atoms with Crippen LogP contribution in [0, 0.1) is 6.92 Å². The molecule has 0 saturated heterocycles. The zero-order chi connectivity index (χ0) is 19.6. The first kappa shape index (κ1) is 20.8. The van der Waals surface area contributed by atoms with Crippen LogP contribution >= 0.6 is 11.6 Å². The molecular weight excluding hydrogens is 362 g/mol. The number of amides is 1. The molecule has 0 fully saturated rings. The average molecular weight is 388 g/mol. The van der Waals surface area contributed by atoms with Crippen molar-refractivity contribution in [2.45, 2.75) is 33.1 Å². The third kappa shape index (κ3) is 6.33. The minimum atomic E-state index is -0.223. The van der Waals surface area contributed by atoms with Gasteiger partial charge in [0.15, 0.2) is 11.5 Å². The number of nitrogens with one attached hydrogen (secondary N) is 1. The number of methoxy groups -OCH3 is 1. The Labute approximate surface area is 166 Å². The van der Waals surface area contributed by atoms with Crippen LogP contribution in [0.25, 0.3) is 6.08 Å². The highest BCUT2D eigenvalue weighted by Crippen LogP contribution is 2.29. The molecule has 0 spiro atoms. The first-order valence-electron chi connectivity index (χ1n) is 9.10. The smallest absolute Gasteiger partial charge is 0.248 e. The molecule has 1 N–H and O–H groups in total. The van der Waals surface area contributed by atoms with Crippen LogP contribution < -0.4 is 14.8 Å². The Bertz CT molecular complexity index is 802. The van der Waals surface area contributed by atoms with Crippen molar-refractivity contribution in [3.05, 3.63) is 58.6 Å². The van der Waals surface area contributed by atoms with Gasteiger partial charge in [-0.25, -0.2) is 0 Å². The summed E-state index contributed by atoms with van der Waals surface area (Å²) in [6.45, 7) is 4.69. The van der Waals surface area contributed by atoms with E-state index in [0.717, 1.165) is 30.4 Å². The average Bonchev–Trinajstić information content (AvgIpc) is 2.67. The zero-order valence-electron chi connectivity index (χ0n) is 16.0. The highest BCUT2D eigenvalue weighted by atomic mass is 35.5. The van der Waals surface area contributed by atoms with Gasteiger partial charge in [-0.3, -0.25) is 4.79 Å². The Morgan fingerprint density at radius 1 is 1.19 bits per heavy atom. The minimum Gasteiger partial charge on any atom is -0.493 e. The van der Waals surface area contributed by atoms with E-state index < -0.39 is 0 Å². The quantitative estimate of drug-likeness (QED) is 0.431. The molecule has 2 aromatic rings. The monoisotopic (exact) mass is 387 g/mol. The molecule has 0 saturated carbocycles. The van der Waals surface area contributed by atoms with Gasteiger partial charge >= 0.3 is 0 Å². The molecule has 144 valence electrons. The van der Waals surface area contributed by atoms with Crippen LogP contribution in [0.1, 0.15) is 37.3 Å². The van der Waals surface area contributed by atoms with Crippen molar-refractivity contribution < 1.29 is 14.3 Å². The van der Waals surface area contributed by atoms with Crippen LogP contribution in [-0.4, -0.2) is 19.6 Å². The first-order chi connectivity index (χ1) is 13.0. The van der Waals surface area contributed by atoms with Crippen molar-refractivity contribution in [2.75, 3.05) is 19.0 Å². The second-order valence-corrected chi connectivity index (χ2v) is 6.61. The Hall–Kier alpha value is -2.46. The third-order valence-electron chi connectivity index (χ3n) is 4.15. The maximum Gasteiger partial charge on any atom is 0.248 e. The predicted octanol–water partition coefficient (Wildman–Crippen LogP) is 5.88. The van der Waals surface area contributed by atoms with E-state index >= 15 is 0 Å². The SMILES string of the molecule is CCCCCOc1ccc(/C=C/C(=O)Nc2cccc(Cl)c2C)cc1OC. The van der Waals surface area contributed by atoms with E-state index in [2.05, 4.69) is 12.2 Å². The number of benzene rings is 2. The van der Waals surface area contributed by atoms with Crippen LogP contribution in [0.15, 0.2) is 42.5 Å².